The van der Waals surface area contributed by atoms with Crippen molar-refractivity contribution in [2.75, 3.05) is 13.2 Å². The molecule has 0 saturated carbocycles. The Kier molecular flexibility index (Phi) is 63.1. The van der Waals surface area contributed by atoms with Gasteiger partial charge in [0.2, 0.25) is 0 Å². The van der Waals surface area contributed by atoms with Crippen LogP contribution in [0.25, 0.3) is 0 Å². The van der Waals surface area contributed by atoms with Gasteiger partial charge >= 0.3 is 17.9 Å². The molecule has 0 aromatic carbocycles. The van der Waals surface area contributed by atoms with Gasteiger partial charge < -0.3 is 14.2 Å². The summed E-state index contributed by atoms with van der Waals surface area (Å²) < 4.78 is 16.9. The first-order valence-corrected chi connectivity index (χ1v) is 34.0. The zero-order chi connectivity index (χ0) is 55.0. The molecule has 0 saturated heterocycles. The molecule has 0 aromatic heterocycles. The number of carbonyl (C=O) groups is 3. The summed E-state index contributed by atoms with van der Waals surface area (Å²) in [5, 5.41) is 0. The van der Waals surface area contributed by atoms with Gasteiger partial charge in [-0.05, 0) is 70.6 Å². The molecule has 0 bridgehead atoms. The fraction of sp³-hybridized carbons (Fsp3) is 0.871. The molecule has 0 spiro atoms. The largest absolute Gasteiger partial charge is 0.462 e. The quantitative estimate of drug-likeness (QED) is 0.0261. The van der Waals surface area contributed by atoms with Crippen molar-refractivity contribution >= 4 is 17.9 Å². The minimum absolute atomic E-state index is 0.0725. The number of carbonyl (C=O) groups excluding carboxylic acids is 3. The monoisotopic (exact) mass is 1070 g/mol. The van der Waals surface area contributed by atoms with E-state index in [1.165, 1.54) is 257 Å². The molecular formula is C70H130O6. The third-order valence-electron chi connectivity index (χ3n) is 15.3. The van der Waals surface area contributed by atoms with Gasteiger partial charge in [0.25, 0.3) is 0 Å². The van der Waals surface area contributed by atoms with E-state index in [-0.39, 0.29) is 31.1 Å². The molecule has 1 atom stereocenters. The van der Waals surface area contributed by atoms with E-state index in [9.17, 15) is 14.4 Å². The number of rotatable bonds is 63. The topological polar surface area (TPSA) is 78.9 Å². The first kappa shape index (κ1) is 73.6. The van der Waals surface area contributed by atoms with Crippen molar-refractivity contribution in [1.29, 1.82) is 0 Å². The van der Waals surface area contributed by atoms with Crippen LogP contribution in [0, 0.1) is 0 Å². The van der Waals surface area contributed by atoms with Crippen LogP contribution < -0.4 is 0 Å². The Bertz CT molecular complexity index is 1270. The highest BCUT2D eigenvalue weighted by Gasteiger charge is 2.19. The van der Waals surface area contributed by atoms with Gasteiger partial charge in [-0.3, -0.25) is 14.4 Å². The molecule has 446 valence electrons. The number of allylic oxidation sites excluding steroid dienone is 6. The van der Waals surface area contributed by atoms with Gasteiger partial charge in [0.1, 0.15) is 13.2 Å². The zero-order valence-electron chi connectivity index (χ0n) is 51.3. The van der Waals surface area contributed by atoms with Crippen molar-refractivity contribution in [1.82, 2.24) is 0 Å². The predicted octanol–water partition coefficient (Wildman–Crippen LogP) is 23.2. The van der Waals surface area contributed by atoms with Crippen molar-refractivity contribution < 1.29 is 28.6 Å². The van der Waals surface area contributed by atoms with Gasteiger partial charge in [-0.1, -0.05) is 320 Å². The Morgan fingerprint density at radius 3 is 0.816 bits per heavy atom. The van der Waals surface area contributed by atoms with Gasteiger partial charge in [-0.15, -0.1) is 0 Å². The van der Waals surface area contributed by atoms with Crippen LogP contribution in [-0.2, 0) is 28.6 Å². The molecule has 0 N–H and O–H groups in total. The second-order valence-corrected chi connectivity index (χ2v) is 23.1. The van der Waals surface area contributed by atoms with Crippen molar-refractivity contribution in [2.24, 2.45) is 0 Å². The molecule has 6 nitrogen and oxygen atoms in total. The molecule has 0 aliphatic heterocycles. The highest BCUT2D eigenvalue weighted by atomic mass is 16.6. The Morgan fingerprint density at radius 2 is 0.500 bits per heavy atom. The van der Waals surface area contributed by atoms with E-state index in [0.717, 1.165) is 77.0 Å². The predicted molar refractivity (Wildman–Crippen MR) is 330 cm³/mol. The highest BCUT2D eigenvalue weighted by molar-refractivity contribution is 5.71. The number of esters is 3. The number of ether oxygens (including phenoxy) is 3. The summed E-state index contributed by atoms with van der Waals surface area (Å²) >= 11 is 0. The number of unbranched alkanes of at least 4 members (excludes halogenated alkanes) is 46. The van der Waals surface area contributed by atoms with Crippen LogP contribution >= 0.6 is 0 Å². The summed E-state index contributed by atoms with van der Waals surface area (Å²) in [5.74, 6) is -0.865. The van der Waals surface area contributed by atoms with Gasteiger partial charge in [-0.2, -0.15) is 0 Å². The van der Waals surface area contributed by atoms with Crippen LogP contribution in [-0.4, -0.2) is 37.2 Å². The maximum Gasteiger partial charge on any atom is 0.306 e. The third kappa shape index (κ3) is 62.5. The average molecular weight is 1070 g/mol. The maximum atomic E-state index is 12.9. The van der Waals surface area contributed by atoms with Gasteiger partial charge in [0.15, 0.2) is 6.10 Å². The third-order valence-corrected chi connectivity index (χ3v) is 15.3. The van der Waals surface area contributed by atoms with Crippen LogP contribution in [0.5, 0.6) is 0 Å². The SMILES string of the molecule is CCC/C=C\CCCCCCCC(=O)OCC(COC(=O)CCCCCCCCCCCCCCCCCCCCCCCCCCCCCCC)OC(=O)CCCCCCCCCCC/C=C\C/C=C\CCCCC. The van der Waals surface area contributed by atoms with Crippen LogP contribution in [0.3, 0.4) is 0 Å². The Labute approximate surface area is 474 Å². The lowest BCUT2D eigenvalue weighted by Gasteiger charge is -2.18. The zero-order valence-corrected chi connectivity index (χ0v) is 51.3. The summed E-state index contributed by atoms with van der Waals surface area (Å²) in [6.07, 6.45) is 80.4. The lowest BCUT2D eigenvalue weighted by atomic mass is 10.0. The van der Waals surface area contributed by atoms with E-state index in [2.05, 4.69) is 57.2 Å². The summed E-state index contributed by atoms with van der Waals surface area (Å²) in [5.41, 5.74) is 0. The standard InChI is InChI=1S/C70H130O6/c1-4-7-10-13-16-19-22-24-26-28-30-31-32-33-34-35-36-37-38-39-41-42-44-46-48-51-54-57-60-63-69(72)75-66-67(65-74-68(71)62-59-56-53-50-21-18-15-12-9-6-3)76-70(73)64-61-58-55-52-49-47-45-43-40-29-27-25-23-20-17-14-11-8-5-2/h12,15,17,20,25,27,67H,4-11,13-14,16,18-19,21-24,26,28-66H2,1-3H3/b15-12-,20-17-,27-25-. The molecule has 0 fully saturated rings. The minimum Gasteiger partial charge on any atom is -0.462 e. The Balaban J connectivity index is 4.11. The molecular weight excluding hydrogens is 937 g/mol. The van der Waals surface area contributed by atoms with Crippen molar-refractivity contribution in [2.45, 2.75) is 380 Å². The molecule has 0 aromatic rings. The molecule has 1 unspecified atom stereocenters. The molecule has 0 rings (SSSR count). The average Bonchev–Trinajstić information content (AvgIpc) is 3.42. The molecule has 0 amide bonds. The second-order valence-electron chi connectivity index (χ2n) is 23.1. The minimum atomic E-state index is -0.776. The van der Waals surface area contributed by atoms with E-state index >= 15 is 0 Å². The first-order chi connectivity index (χ1) is 37.5. The Morgan fingerprint density at radius 1 is 0.263 bits per heavy atom. The van der Waals surface area contributed by atoms with Crippen molar-refractivity contribution in [3.8, 4) is 0 Å². The number of hydrogen-bond acceptors (Lipinski definition) is 6. The molecule has 0 aliphatic carbocycles. The van der Waals surface area contributed by atoms with Gasteiger partial charge in [0, 0.05) is 19.3 Å². The van der Waals surface area contributed by atoms with E-state index in [1.54, 1.807) is 0 Å². The summed E-state index contributed by atoms with van der Waals surface area (Å²) in [7, 11) is 0. The van der Waals surface area contributed by atoms with Crippen molar-refractivity contribution in [3.63, 3.8) is 0 Å². The van der Waals surface area contributed by atoms with E-state index in [1.807, 2.05) is 0 Å². The molecule has 0 heterocycles. The first-order valence-electron chi connectivity index (χ1n) is 34.0. The van der Waals surface area contributed by atoms with Gasteiger partial charge in [-0.25, -0.2) is 0 Å². The molecule has 6 heteroatoms. The highest BCUT2D eigenvalue weighted by Crippen LogP contribution is 2.18. The molecule has 0 aliphatic rings. The van der Waals surface area contributed by atoms with E-state index in [0.29, 0.717) is 19.3 Å². The summed E-state index contributed by atoms with van der Waals surface area (Å²) in [6, 6.07) is 0. The fourth-order valence-electron chi connectivity index (χ4n) is 10.2. The maximum absolute atomic E-state index is 12.9. The molecule has 76 heavy (non-hydrogen) atoms. The summed E-state index contributed by atoms with van der Waals surface area (Å²) in [4.78, 5) is 38.2. The lowest BCUT2D eigenvalue weighted by Crippen LogP contribution is -2.30. The van der Waals surface area contributed by atoms with Crippen LogP contribution in [0.15, 0.2) is 36.5 Å². The normalized spacial score (nSPS) is 12.2. The Hall–Kier alpha value is -2.37. The van der Waals surface area contributed by atoms with Gasteiger partial charge in [0.05, 0.1) is 0 Å². The van der Waals surface area contributed by atoms with Crippen LogP contribution in [0.1, 0.15) is 374 Å². The molecule has 0 radical (unpaired) electrons. The van der Waals surface area contributed by atoms with E-state index < -0.39 is 6.10 Å². The van der Waals surface area contributed by atoms with Crippen molar-refractivity contribution in [3.05, 3.63) is 36.5 Å². The second kappa shape index (κ2) is 65.2. The van der Waals surface area contributed by atoms with Crippen LogP contribution in [0.4, 0.5) is 0 Å². The number of hydrogen-bond donors (Lipinski definition) is 0. The summed E-state index contributed by atoms with van der Waals surface area (Å²) in [6.45, 7) is 6.61. The smallest absolute Gasteiger partial charge is 0.306 e. The van der Waals surface area contributed by atoms with E-state index in [4.69, 9.17) is 14.2 Å². The lowest BCUT2D eigenvalue weighted by molar-refractivity contribution is -0.167. The fourth-order valence-corrected chi connectivity index (χ4v) is 10.2. The van der Waals surface area contributed by atoms with Crippen LogP contribution in [0.2, 0.25) is 0 Å².